The van der Waals surface area contributed by atoms with Gasteiger partial charge in [-0.1, -0.05) is 26.2 Å². The van der Waals surface area contributed by atoms with Crippen LogP contribution in [0.1, 0.15) is 32.6 Å². The molecule has 0 aliphatic heterocycles. The number of rotatable bonds is 6. The highest BCUT2D eigenvalue weighted by Gasteiger charge is 2.15. The molecule has 0 N–H and O–H groups in total. The number of hydrogen-bond acceptors (Lipinski definition) is 2. The van der Waals surface area contributed by atoms with Crippen molar-refractivity contribution in [3.63, 3.8) is 0 Å². The van der Waals surface area contributed by atoms with Gasteiger partial charge in [-0.25, -0.2) is 4.79 Å². The summed E-state index contributed by atoms with van der Waals surface area (Å²) >= 11 is 0. The lowest BCUT2D eigenvalue weighted by molar-refractivity contribution is -0.156. The summed E-state index contributed by atoms with van der Waals surface area (Å²) in [6.07, 6.45) is 0.727. The molecule has 0 amide bonds. The molecule has 0 aromatic rings. The summed E-state index contributed by atoms with van der Waals surface area (Å²) in [6.45, 7) is 2.16. The molecule has 0 heterocycles. The molecule has 0 atom stereocenters. The molecule has 0 spiro atoms. The van der Waals surface area contributed by atoms with Crippen molar-refractivity contribution in [2.24, 2.45) is 0 Å². The average molecular weight is 180 g/mol. The lowest BCUT2D eigenvalue weighted by Gasteiger charge is -2.02. The Morgan fingerprint density at radius 1 is 1.33 bits per heavy atom. The molecule has 0 fully saturated rings. The Balaban J connectivity index is 3.14. The first-order valence-corrected chi connectivity index (χ1v) is 4.13. The van der Waals surface area contributed by atoms with Crippen molar-refractivity contribution < 1.29 is 18.3 Å². The number of esters is 1. The molecule has 0 aromatic heterocycles. The fraction of sp³-hybridized carbons (Fsp3) is 0.875. The maximum absolute atomic E-state index is 11.5. The van der Waals surface area contributed by atoms with Gasteiger partial charge < -0.3 is 4.74 Å². The summed E-state index contributed by atoms with van der Waals surface area (Å²) in [5, 5.41) is 0. The van der Waals surface area contributed by atoms with Crippen molar-refractivity contribution in [3.8, 4) is 0 Å². The van der Waals surface area contributed by atoms with E-state index >= 15 is 0 Å². The van der Waals surface area contributed by atoms with Gasteiger partial charge in [0.25, 0.3) is 0 Å². The summed E-state index contributed by atoms with van der Waals surface area (Å²) in [7, 11) is 0. The summed E-state index contributed by atoms with van der Waals surface area (Å²) < 4.78 is 27.3. The van der Waals surface area contributed by atoms with Crippen LogP contribution in [0.5, 0.6) is 0 Å². The van der Waals surface area contributed by atoms with Crippen LogP contribution in [0.2, 0.25) is 0 Å². The van der Waals surface area contributed by atoms with Crippen LogP contribution in [0.4, 0.5) is 8.78 Å². The molecule has 0 radical (unpaired) electrons. The highest BCUT2D eigenvalue weighted by molar-refractivity contribution is 5.72. The Morgan fingerprint density at radius 2 is 2.00 bits per heavy atom. The minimum absolute atomic E-state index is 0.114. The van der Waals surface area contributed by atoms with E-state index in [4.69, 9.17) is 0 Å². The first kappa shape index (κ1) is 11.3. The minimum Gasteiger partial charge on any atom is -0.461 e. The van der Waals surface area contributed by atoms with E-state index < -0.39 is 12.4 Å². The number of alkyl halides is 2. The van der Waals surface area contributed by atoms with E-state index in [0.29, 0.717) is 6.42 Å². The Hall–Kier alpha value is -0.670. The van der Waals surface area contributed by atoms with Crippen LogP contribution in [0.25, 0.3) is 0 Å². The number of ether oxygens (including phenoxy) is 1. The molecular formula is C8H14F2O2. The summed E-state index contributed by atoms with van der Waals surface area (Å²) in [5.41, 5.74) is 0. The van der Waals surface area contributed by atoms with Gasteiger partial charge in [0.15, 0.2) is 0 Å². The largest absolute Gasteiger partial charge is 0.461 e. The highest BCUT2D eigenvalue weighted by Crippen LogP contribution is 2.01. The quantitative estimate of drug-likeness (QED) is 0.463. The predicted octanol–water partition coefficient (Wildman–Crippen LogP) is 2.38. The molecule has 0 aliphatic rings. The summed E-state index contributed by atoms with van der Waals surface area (Å²) in [6, 6.07) is 0. The fourth-order valence-electron chi connectivity index (χ4n) is 0.765. The molecule has 2 nitrogen and oxygen atoms in total. The van der Waals surface area contributed by atoms with Gasteiger partial charge in [-0.15, -0.1) is 0 Å². The van der Waals surface area contributed by atoms with E-state index in [1.165, 1.54) is 0 Å². The zero-order chi connectivity index (χ0) is 9.40. The van der Waals surface area contributed by atoms with Crippen molar-refractivity contribution >= 4 is 5.97 Å². The van der Waals surface area contributed by atoms with Gasteiger partial charge in [0.2, 0.25) is 0 Å². The lowest BCUT2D eigenvalue weighted by atomic mass is 10.2. The monoisotopic (exact) mass is 180 g/mol. The maximum atomic E-state index is 11.5. The van der Waals surface area contributed by atoms with Crippen LogP contribution in [0.3, 0.4) is 0 Å². The summed E-state index contributed by atoms with van der Waals surface area (Å²) in [4.78, 5) is 10.2. The number of halogens is 2. The standard InChI is InChI=1S/C8H14F2O2/c1-2-3-4-5-6-12-8(11)7(9)10/h7H,2-6H2,1H3. The molecule has 72 valence electrons. The van der Waals surface area contributed by atoms with Crippen molar-refractivity contribution in [1.82, 2.24) is 0 Å². The molecule has 0 saturated carbocycles. The molecule has 0 aromatic carbocycles. The van der Waals surface area contributed by atoms with Crippen LogP contribution in [-0.2, 0) is 9.53 Å². The van der Waals surface area contributed by atoms with Crippen LogP contribution < -0.4 is 0 Å². The van der Waals surface area contributed by atoms with Crippen molar-refractivity contribution in [2.45, 2.75) is 39.0 Å². The lowest BCUT2D eigenvalue weighted by Crippen LogP contribution is -2.14. The topological polar surface area (TPSA) is 26.3 Å². The second-order valence-electron chi connectivity index (χ2n) is 2.53. The normalized spacial score (nSPS) is 10.3. The Bertz CT molecular complexity index is 126. The Labute approximate surface area is 70.9 Å². The fourth-order valence-corrected chi connectivity index (χ4v) is 0.765. The third-order valence-corrected chi connectivity index (χ3v) is 1.42. The first-order chi connectivity index (χ1) is 5.68. The van der Waals surface area contributed by atoms with Gasteiger partial charge in [0.1, 0.15) is 0 Å². The SMILES string of the molecule is CCCCCCOC(=O)C(F)F. The zero-order valence-electron chi connectivity index (χ0n) is 7.19. The molecule has 0 unspecified atom stereocenters. The highest BCUT2D eigenvalue weighted by atomic mass is 19.3. The molecule has 4 heteroatoms. The van der Waals surface area contributed by atoms with Crippen LogP contribution in [0.15, 0.2) is 0 Å². The molecule has 0 aliphatic carbocycles. The van der Waals surface area contributed by atoms with Crippen LogP contribution in [-0.4, -0.2) is 19.0 Å². The number of carbonyl (C=O) groups excluding carboxylic acids is 1. The summed E-state index contributed by atoms with van der Waals surface area (Å²) in [5.74, 6) is -1.41. The van der Waals surface area contributed by atoms with Gasteiger partial charge in [0.05, 0.1) is 6.61 Å². The van der Waals surface area contributed by atoms with E-state index in [9.17, 15) is 13.6 Å². The molecule has 0 rings (SSSR count). The van der Waals surface area contributed by atoms with Crippen LogP contribution in [0, 0.1) is 0 Å². The van der Waals surface area contributed by atoms with Crippen molar-refractivity contribution in [1.29, 1.82) is 0 Å². The first-order valence-electron chi connectivity index (χ1n) is 4.13. The van der Waals surface area contributed by atoms with Gasteiger partial charge >= 0.3 is 12.4 Å². The van der Waals surface area contributed by atoms with Gasteiger partial charge in [-0.2, -0.15) is 8.78 Å². The Morgan fingerprint density at radius 3 is 2.50 bits per heavy atom. The van der Waals surface area contributed by atoms with E-state index in [-0.39, 0.29) is 6.61 Å². The molecular weight excluding hydrogens is 166 g/mol. The maximum Gasteiger partial charge on any atom is 0.373 e. The predicted molar refractivity (Wildman–Crippen MR) is 41.1 cm³/mol. The van der Waals surface area contributed by atoms with Crippen molar-refractivity contribution in [2.75, 3.05) is 6.61 Å². The number of carbonyl (C=O) groups is 1. The van der Waals surface area contributed by atoms with Gasteiger partial charge in [0, 0.05) is 0 Å². The zero-order valence-corrected chi connectivity index (χ0v) is 7.19. The second kappa shape index (κ2) is 7.00. The average Bonchev–Trinajstić information content (AvgIpc) is 2.03. The van der Waals surface area contributed by atoms with Gasteiger partial charge in [-0.3, -0.25) is 0 Å². The minimum atomic E-state index is -2.99. The Kier molecular flexibility index (Phi) is 6.61. The molecule has 12 heavy (non-hydrogen) atoms. The van der Waals surface area contributed by atoms with E-state index in [2.05, 4.69) is 4.74 Å². The second-order valence-corrected chi connectivity index (χ2v) is 2.53. The van der Waals surface area contributed by atoms with E-state index in [1.54, 1.807) is 0 Å². The van der Waals surface area contributed by atoms with E-state index in [1.807, 2.05) is 6.92 Å². The van der Waals surface area contributed by atoms with Gasteiger partial charge in [-0.05, 0) is 6.42 Å². The number of unbranched alkanes of at least 4 members (excludes halogenated alkanes) is 3. The molecule has 0 bridgehead atoms. The molecule has 0 saturated heterocycles. The number of hydrogen-bond donors (Lipinski definition) is 0. The van der Waals surface area contributed by atoms with Crippen LogP contribution >= 0.6 is 0 Å². The van der Waals surface area contributed by atoms with Crippen molar-refractivity contribution in [3.05, 3.63) is 0 Å². The third-order valence-electron chi connectivity index (χ3n) is 1.42. The third kappa shape index (κ3) is 6.07. The van der Waals surface area contributed by atoms with E-state index in [0.717, 1.165) is 19.3 Å². The smallest absolute Gasteiger partial charge is 0.373 e.